The molecule has 2 aromatic rings. The second-order valence-corrected chi connectivity index (χ2v) is 10.1. The van der Waals surface area contributed by atoms with Crippen LogP contribution in [0.3, 0.4) is 0 Å². The van der Waals surface area contributed by atoms with Crippen LogP contribution in [0.15, 0.2) is 42.5 Å². The van der Waals surface area contributed by atoms with Crippen molar-refractivity contribution in [3.63, 3.8) is 0 Å². The number of amides is 2. The summed E-state index contributed by atoms with van der Waals surface area (Å²) in [5.74, 6) is -1.21. The summed E-state index contributed by atoms with van der Waals surface area (Å²) in [6.07, 6.45) is 2.44. The van der Waals surface area contributed by atoms with Crippen molar-refractivity contribution >= 4 is 29.7 Å². The average molecular weight is 467 g/mol. The van der Waals surface area contributed by atoms with Crippen LogP contribution in [-0.2, 0) is 16.0 Å². The van der Waals surface area contributed by atoms with E-state index in [4.69, 9.17) is 0 Å². The second kappa shape index (κ2) is 11.8. The molecule has 0 aliphatic carbocycles. The fraction of sp³-hybridized carbons (Fsp3) is 0.538. The topological polar surface area (TPSA) is 102 Å². The fourth-order valence-electron chi connectivity index (χ4n) is 4.90. The molecule has 2 amide bonds. The summed E-state index contributed by atoms with van der Waals surface area (Å²) in [6.45, 7) is 8.92. The fourth-order valence-corrected chi connectivity index (χ4v) is 4.90. The van der Waals surface area contributed by atoms with Crippen LogP contribution in [0.25, 0.3) is 10.8 Å². The smallest absolute Gasteiger partial charge is 0.426 e. The van der Waals surface area contributed by atoms with Gasteiger partial charge in [-0.1, -0.05) is 56.3 Å². The zero-order valence-electron chi connectivity index (χ0n) is 20.7. The van der Waals surface area contributed by atoms with E-state index in [0.717, 1.165) is 35.7 Å². The highest BCUT2D eigenvalue weighted by Gasteiger charge is 2.35. The van der Waals surface area contributed by atoms with Gasteiger partial charge in [-0.15, -0.1) is 0 Å². The van der Waals surface area contributed by atoms with E-state index in [1.165, 1.54) is 0 Å². The summed E-state index contributed by atoms with van der Waals surface area (Å²) in [5, 5.41) is 27.5. The van der Waals surface area contributed by atoms with E-state index >= 15 is 0 Å². The van der Waals surface area contributed by atoms with Crippen LogP contribution < -0.4 is 10.6 Å². The van der Waals surface area contributed by atoms with Crippen LogP contribution in [0.2, 0.25) is 0 Å². The van der Waals surface area contributed by atoms with Crippen LogP contribution in [0.5, 0.6) is 0 Å². The third-order valence-corrected chi connectivity index (χ3v) is 6.61. The molecular formula is C26H38BN3O4. The van der Waals surface area contributed by atoms with Crippen LogP contribution >= 0.6 is 0 Å². The van der Waals surface area contributed by atoms with Gasteiger partial charge in [-0.2, -0.15) is 0 Å². The molecule has 1 saturated heterocycles. The minimum atomic E-state index is -1.67. The normalized spacial score (nSPS) is 18.3. The Morgan fingerprint density at radius 1 is 1.06 bits per heavy atom. The maximum atomic E-state index is 13.4. The molecule has 8 heteroatoms. The number of fused-ring (bicyclic) bond motifs is 1. The van der Waals surface area contributed by atoms with Crippen LogP contribution in [0.1, 0.15) is 52.5 Å². The van der Waals surface area contributed by atoms with Gasteiger partial charge in [0.25, 0.3) is 0 Å². The number of likely N-dealkylation sites (tertiary alicyclic amines) is 1. The van der Waals surface area contributed by atoms with E-state index in [2.05, 4.69) is 29.4 Å². The minimum Gasteiger partial charge on any atom is -0.426 e. The van der Waals surface area contributed by atoms with Gasteiger partial charge >= 0.3 is 7.12 Å². The van der Waals surface area contributed by atoms with Crippen molar-refractivity contribution in [1.29, 1.82) is 0 Å². The maximum Gasteiger partial charge on any atom is 0.475 e. The number of nitrogens with zero attached hydrogens (tertiary/aromatic N) is 1. The molecule has 7 nitrogen and oxygen atoms in total. The van der Waals surface area contributed by atoms with Crippen molar-refractivity contribution < 1.29 is 19.6 Å². The Kier molecular flexibility index (Phi) is 9.11. The average Bonchev–Trinajstić information content (AvgIpc) is 3.28. The van der Waals surface area contributed by atoms with Crippen LogP contribution in [0.4, 0.5) is 0 Å². The minimum absolute atomic E-state index is 0.156. The summed E-state index contributed by atoms with van der Waals surface area (Å²) in [4.78, 5) is 28.8. The standard InChI is InChI=1S/C26H38BN3O4/c1-17(2)15-24(27(33)34)29-25(31)22(28-26(32)23-13-8-14-30(23)18(3)4)16-20-11-7-10-19-9-5-6-12-21(19)20/h5-7,9-12,17-18,22-24,33-34H,8,13-16H2,1-4H3,(H,28,32)(H,29,31)/t22?,23-,24-/m0/s1. The second-order valence-electron chi connectivity index (χ2n) is 10.1. The Bertz CT molecular complexity index is 976. The van der Waals surface area contributed by atoms with Gasteiger partial charge in [-0.05, 0) is 61.9 Å². The lowest BCUT2D eigenvalue weighted by Gasteiger charge is -2.30. The molecule has 1 aliphatic heterocycles. The van der Waals surface area contributed by atoms with Gasteiger partial charge < -0.3 is 20.7 Å². The number of nitrogens with one attached hydrogen (secondary N) is 2. The molecule has 0 bridgehead atoms. The van der Waals surface area contributed by atoms with Crippen LogP contribution in [0, 0.1) is 5.92 Å². The number of carbonyl (C=O) groups is 2. The molecule has 0 aromatic heterocycles. The van der Waals surface area contributed by atoms with Gasteiger partial charge in [0.2, 0.25) is 11.8 Å². The van der Waals surface area contributed by atoms with E-state index in [1.807, 2.05) is 56.3 Å². The van der Waals surface area contributed by atoms with Crippen molar-refractivity contribution in [2.24, 2.45) is 5.92 Å². The first-order chi connectivity index (χ1) is 16.2. The summed E-state index contributed by atoms with van der Waals surface area (Å²) in [7, 11) is -1.67. The molecule has 1 heterocycles. The lowest BCUT2D eigenvalue weighted by atomic mass is 9.75. The van der Waals surface area contributed by atoms with Crippen molar-refractivity contribution in [3.05, 3.63) is 48.0 Å². The Hall–Kier alpha value is -2.42. The van der Waals surface area contributed by atoms with Gasteiger partial charge in [0.05, 0.1) is 12.0 Å². The van der Waals surface area contributed by atoms with E-state index in [0.29, 0.717) is 12.8 Å². The third-order valence-electron chi connectivity index (χ3n) is 6.61. The Morgan fingerprint density at radius 2 is 1.76 bits per heavy atom. The molecule has 184 valence electrons. The number of benzene rings is 2. The van der Waals surface area contributed by atoms with E-state index in [9.17, 15) is 19.6 Å². The molecule has 0 saturated carbocycles. The summed E-state index contributed by atoms with van der Waals surface area (Å²) >= 11 is 0. The number of rotatable bonds is 10. The van der Waals surface area contributed by atoms with Crippen molar-refractivity contribution in [2.75, 3.05) is 6.54 Å². The molecule has 2 aromatic carbocycles. The molecule has 34 heavy (non-hydrogen) atoms. The van der Waals surface area contributed by atoms with Gasteiger partial charge in [0.15, 0.2) is 0 Å². The quantitative estimate of drug-likeness (QED) is 0.402. The zero-order chi connectivity index (χ0) is 24.8. The highest BCUT2D eigenvalue weighted by molar-refractivity contribution is 6.43. The maximum absolute atomic E-state index is 13.4. The molecule has 0 spiro atoms. The monoisotopic (exact) mass is 467 g/mol. The first-order valence-electron chi connectivity index (χ1n) is 12.4. The highest BCUT2D eigenvalue weighted by atomic mass is 16.4. The molecule has 0 radical (unpaired) electrons. The molecule has 3 atom stereocenters. The lowest BCUT2D eigenvalue weighted by molar-refractivity contribution is -0.132. The third kappa shape index (κ3) is 6.59. The van der Waals surface area contributed by atoms with E-state index < -0.39 is 25.0 Å². The molecular weight excluding hydrogens is 429 g/mol. The van der Waals surface area contributed by atoms with Gasteiger partial charge in [-0.25, -0.2) is 0 Å². The summed E-state index contributed by atoms with van der Waals surface area (Å²) < 4.78 is 0. The Labute approximate surface area is 203 Å². The first kappa shape index (κ1) is 26.2. The predicted octanol–water partition coefficient (Wildman–Crippen LogP) is 2.28. The van der Waals surface area contributed by atoms with Crippen molar-refractivity contribution in [1.82, 2.24) is 15.5 Å². The predicted molar refractivity (Wildman–Crippen MR) is 136 cm³/mol. The molecule has 1 unspecified atom stereocenters. The molecule has 1 fully saturated rings. The number of carbonyl (C=O) groups excluding carboxylic acids is 2. The zero-order valence-corrected chi connectivity index (χ0v) is 20.7. The number of hydrogen-bond acceptors (Lipinski definition) is 5. The van der Waals surface area contributed by atoms with Gasteiger partial charge in [0, 0.05) is 12.5 Å². The SMILES string of the molecule is CC(C)C[C@H](NC(=O)C(Cc1cccc2ccccc12)NC(=O)[C@@H]1CCCN1C(C)C)B(O)O. The number of hydrogen-bond donors (Lipinski definition) is 4. The molecule has 3 rings (SSSR count). The summed E-state index contributed by atoms with van der Waals surface area (Å²) in [6, 6.07) is 13.0. The largest absolute Gasteiger partial charge is 0.475 e. The highest BCUT2D eigenvalue weighted by Crippen LogP contribution is 2.22. The molecule has 4 N–H and O–H groups in total. The van der Waals surface area contributed by atoms with E-state index in [1.54, 1.807) is 0 Å². The Morgan fingerprint density at radius 3 is 2.44 bits per heavy atom. The van der Waals surface area contributed by atoms with Crippen LogP contribution in [-0.4, -0.2) is 64.5 Å². The van der Waals surface area contributed by atoms with Crippen molar-refractivity contribution in [3.8, 4) is 0 Å². The van der Waals surface area contributed by atoms with E-state index in [-0.39, 0.29) is 23.9 Å². The first-order valence-corrected chi connectivity index (χ1v) is 12.4. The lowest BCUT2D eigenvalue weighted by Crippen LogP contribution is -2.57. The van der Waals surface area contributed by atoms with Gasteiger partial charge in [-0.3, -0.25) is 14.5 Å². The molecule has 1 aliphatic rings. The van der Waals surface area contributed by atoms with Gasteiger partial charge in [0.1, 0.15) is 6.04 Å². The summed E-state index contributed by atoms with van der Waals surface area (Å²) in [5.41, 5.74) is 0.954. The Balaban J connectivity index is 1.86. The van der Waals surface area contributed by atoms with Crippen molar-refractivity contribution in [2.45, 2.75) is 77.4 Å².